The molecule has 0 radical (unpaired) electrons. The van der Waals surface area contributed by atoms with Gasteiger partial charge in [-0.2, -0.15) is 0 Å². The summed E-state index contributed by atoms with van der Waals surface area (Å²) >= 11 is 0. The molecule has 1 rings (SSSR count). The van der Waals surface area contributed by atoms with E-state index in [1.54, 1.807) is 6.92 Å². The van der Waals surface area contributed by atoms with Crippen molar-refractivity contribution in [1.82, 2.24) is 4.90 Å². The molecule has 0 saturated heterocycles. The third-order valence-corrected chi connectivity index (χ3v) is 3.66. The Kier molecular flexibility index (Phi) is 5.81. The van der Waals surface area contributed by atoms with E-state index < -0.39 is 5.97 Å². The maximum atomic E-state index is 10.7. The molecule has 0 aromatic heterocycles. The molecule has 0 heterocycles. The van der Waals surface area contributed by atoms with E-state index in [1.807, 2.05) is 0 Å². The molecule has 1 aliphatic rings. The molecule has 3 heteroatoms. The maximum Gasteiger partial charge on any atom is 0.306 e. The van der Waals surface area contributed by atoms with Crippen LogP contribution in [0.15, 0.2) is 0 Å². The van der Waals surface area contributed by atoms with Crippen molar-refractivity contribution in [3.63, 3.8) is 0 Å². The van der Waals surface area contributed by atoms with Crippen LogP contribution in [0.2, 0.25) is 0 Å². The van der Waals surface area contributed by atoms with E-state index in [-0.39, 0.29) is 5.92 Å². The maximum absolute atomic E-state index is 10.7. The van der Waals surface area contributed by atoms with Gasteiger partial charge in [-0.05, 0) is 38.8 Å². The molecular weight excluding hydrogens is 202 g/mol. The predicted octanol–water partition coefficient (Wildman–Crippen LogP) is 2.61. The Morgan fingerprint density at radius 2 is 2.00 bits per heavy atom. The van der Waals surface area contributed by atoms with Crippen LogP contribution in [0.4, 0.5) is 0 Å². The Labute approximate surface area is 98.8 Å². The summed E-state index contributed by atoms with van der Waals surface area (Å²) in [7, 11) is 2.11. The van der Waals surface area contributed by atoms with Gasteiger partial charge in [0.15, 0.2) is 0 Å². The lowest BCUT2D eigenvalue weighted by Gasteiger charge is -2.27. The van der Waals surface area contributed by atoms with Crippen LogP contribution in [0, 0.1) is 11.8 Å². The highest BCUT2D eigenvalue weighted by molar-refractivity contribution is 5.69. The van der Waals surface area contributed by atoms with Crippen LogP contribution < -0.4 is 0 Å². The van der Waals surface area contributed by atoms with Crippen LogP contribution in [0.1, 0.15) is 45.4 Å². The van der Waals surface area contributed by atoms with Crippen molar-refractivity contribution in [3.05, 3.63) is 0 Å². The first-order chi connectivity index (χ1) is 7.59. The fourth-order valence-corrected chi connectivity index (χ4v) is 2.44. The first-order valence-corrected chi connectivity index (χ1v) is 6.51. The zero-order valence-corrected chi connectivity index (χ0v) is 10.6. The molecule has 1 atom stereocenters. The molecule has 0 spiro atoms. The number of rotatable bonds is 6. The molecule has 16 heavy (non-hydrogen) atoms. The van der Waals surface area contributed by atoms with Crippen LogP contribution in [0.25, 0.3) is 0 Å². The highest BCUT2D eigenvalue weighted by atomic mass is 16.4. The molecule has 0 aliphatic heterocycles. The fourth-order valence-electron chi connectivity index (χ4n) is 2.44. The summed E-state index contributed by atoms with van der Waals surface area (Å²) in [5, 5.41) is 8.80. The number of carbonyl (C=O) groups is 1. The minimum absolute atomic E-state index is 0.214. The molecule has 1 unspecified atom stereocenters. The van der Waals surface area contributed by atoms with Crippen molar-refractivity contribution in [2.75, 3.05) is 20.1 Å². The zero-order valence-electron chi connectivity index (χ0n) is 10.6. The highest BCUT2D eigenvalue weighted by Gasteiger charge is 2.16. The number of carboxylic acid groups (broad SMARTS) is 1. The molecule has 3 nitrogen and oxygen atoms in total. The summed E-state index contributed by atoms with van der Waals surface area (Å²) in [6.45, 7) is 3.84. The van der Waals surface area contributed by atoms with Crippen molar-refractivity contribution >= 4 is 5.97 Å². The number of nitrogens with zero attached hydrogens (tertiary/aromatic N) is 1. The summed E-state index contributed by atoms with van der Waals surface area (Å²) in [5.41, 5.74) is 0. The molecule has 0 aromatic rings. The van der Waals surface area contributed by atoms with E-state index in [4.69, 9.17) is 5.11 Å². The SMILES string of the molecule is CC(CCN(C)CC1CCCCC1)C(=O)O. The van der Waals surface area contributed by atoms with Crippen molar-refractivity contribution < 1.29 is 9.90 Å². The van der Waals surface area contributed by atoms with Crippen molar-refractivity contribution in [2.45, 2.75) is 45.4 Å². The minimum atomic E-state index is -0.675. The van der Waals surface area contributed by atoms with Crippen molar-refractivity contribution in [2.24, 2.45) is 11.8 Å². The normalized spacial score (nSPS) is 19.9. The van der Waals surface area contributed by atoms with Crippen LogP contribution in [0.5, 0.6) is 0 Å². The lowest BCUT2D eigenvalue weighted by Crippen LogP contribution is -2.29. The zero-order chi connectivity index (χ0) is 12.0. The topological polar surface area (TPSA) is 40.5 Å². The second-order valence-electron chi connectivity index (χ2n) is 5.29. The smallest absolute Gasteiger partial charge is 0.306 e. The van der Waals surface area contributed by atoms with E-state index in [0.717, 1.165) is 25.4 Å². The van der Waals surface area contributed by atoms with E-state index in [2.05, 4.69) is 11.9 Å². The molecule has 0 bridgehead atoms. The first kappa shape index (κ1) is 13.5. The predicted molar refractivity (Wildman–Crippen MR) is 65.5 cm³/mol. The molecule has 1 N–H and O–H groups in total. The van der Waals surface area contributed by atoms with Crippen LogP contribution in [-0.2, 0) is 4.79 Å². The monoisotopic (exact) mass is 227 g/mol. The quantitative estimate of drug-likeness (QED) is 0.758. The van der Waals surface area contributed by atoms with E-state index in [1.165, 1.54) is 32.1 Å². The Hall–Kier alpha value is -0.570. The molecular formula is C13H25NO2. The van der Waals surface area contributed by atoms with Gasteiger partial charge in [0.2, 0.25) is 0 Å². The Bertz CT molecular complexity index is 212. The van der Waals surface area contributed by atoms with Gasteiger partial charge in [-0.3, -0.25) is 4.79 Å². The van der Waals surface area contributed by atoms with Gasteiger partial charge in [-0.25, -0.2) is 0 Å². The molecule has 1 fully saturated rings. The van der Waals surface area contributed by atoms with Crippen LogP contribution in [0.3, 0.4) is 0 Å². The van der Waals surface area contributed by atoms with Crippen LogP contribution >= 0.6 is 0 Å². The lowest BCUT2D eigenvalue weighted by molar-refractivity contribution is -0.141. The average Bonchev–Trinajstić information content (AvgIpc) is 2.27. The fraction of sp³-hybridized carbons (Fsp3) is 0.923. The van der Waals surface area contributed by atoms with E-state index >= 15 is 0 Å². The minimum Gasteiger partial charge on any atom is -0.481 e. The van der Waals surface area contributed by atoms with Crippen molar-refractivity contribution in [3.8, 4) is 0 Å². The third kappa shape index (κ3) is 4.97. The molecule has 1 aliphatic carbocycles. The van der Waals surface area contributed by atoms with Gasteiger partial charge in [0.05, 0.1) is 5.92 Å². The summed E-state index contributed by atoms with van der Waals surface area (Å²) in [5.74, 6) is -0.0428. The summed E-state index contributed by atoms with van der Waals surface area (Å²) < 4.78 is 0. The Morgan fingerprint density at radius 3 is 2.56 bits per heavy atom. The summed E-state index contributed by atoms with van der Waals surface area (Å²) in [6.07, 6.45) is 7.64. The molecule has 0 aromatic carbocycles. The van der Waals surface area contributed by atoms with Gasteiger partial charge >= 0.3 is 5.97 Å². The van der Waals surface area contributed by atoms with Gasteiger partial charge in [0.1, 0.15) is 0 Å². The Morgan fingerprint density at radius 1 is 1.38 bits per heavy atom. The van der Waals surface area contributed by atoms with Gasteiger partial charge < -0.3 is 10.0 Å². The van der Waals surface area contributed by atoms with Crippen molar-refractivity contribution in [1.29, 1.82) is 0 Å². The largest absolute Gasteiger partial charge is 0.481 e. The second-order valence-corrected chi connectivity index (χ2v) is 5.29. The standard InChI is InChI=1S/C13H25NO2/c1-11(13(15)16)8-9-14(2)10-12-6-4-3-5-7-12/h11-12H,3-10H2,1-2H3,(H,15,16). The van der Waals surface area contributed by atoms with E-state index in [0.29, 0.717) is 0 Å². The summed E-state index contributed by atoms with van der Waals surface area (Å²) in [4.78, 5) is 13.0. The summed E-state index contributed by atoms with van der Waals surface area (Å²) in [6, 6.07) is 0. The molecule has 94 valence electrons. The second kappa shape index (κ2) is 6.89. The average molecular weight is 227 g/mol. The van der Waals surface area contributed by atoms with Crippen LogP contribution in [-0.4, -0.2) is 36.1 Å². The lowest BCUT2D eigenvalue weighted by atomic mass is 9.89. The highest BCUT2D eigenvalue weighted by Crippen LogP contribution is 2.24. The molecule has 1 saturated carbocycles. The number of aliphatic carboxylic acids is 1. The van der Waals surface area contributed by atoms with Gasteiger partial charge in [-0.15, -0.1) is 0 Å². The molecule has 0 amide bonds. The first-order valence-electron chi connectivity index (χ1n) is 6.51. The van der Waals surface area contributed by atoms with Gasteiger partial charge in [0.25, 0.3) is 0 Å². The number of hydrogen-bond acceptors (Lipinski definition) is 2. The Balaban J connectivity index is 2.14. The van der Waals surface area contributed by atoms with E-state index in [9.17, 15) is 4.79 Å². The number of hydrogen-bond donors (Lipinski definition) is 1. The van der Waals surface area contributed by atoms with Gasteiger partial charge in [0, 0.05) is 6.54 Å². The van der Waals surface area contributed by atoms with Gasteiger partial charge in [-0.1, -0.05) is 26.2 Å². The third-order valence-electron chi connectivity index (χ3n) is 3.66. The number of carboxylic acids is 1.